The highest BCUT2D eigenvalue weighted by atomic mass is 19.3. The summed E-state index contributed by atoms with van der Waals surface area (Å²) in [5.74, 6) is -1.51. The van der Waals surface area contributed by atoms with Crippen molar-refractivity contribution in [3.05, 3.63) is 53.4 Å². The van der Waals surface area contributed by atoms with Gasteiger partial charge in [0.15, 0.2) is 11.5 Å². The van der Waals surface area contributed by atoms with Gasteiger partial charge in [-0.25, -0.2) is 9.74 Å². The van der Waals surface area contributed by atoms with Gasteiger partial charge in [0.1, 0.15) is 11.3 Å². The number of nitrogens with two attached hydrogens (primary N) is 1. The lowest BCUT2D eigenvalue weighted by Gasteiger charge is -2.27. The van der Waals surface area contributed by atoms with Crippen molar-refractivity contribution in [1.82, 2.24) is 0 Å². The van der Waals surface area contributed by atoms with Crippen molar-refractivity contribution >= 4 is 11.9 Å². The second-order valence-corrected chi connectivity index (χ2v) is 6.63. The zero-order valence-corrected chi connectivity index (χ0v) is 16.0. The maximum Gasteiger partial charge on any atom is 0.381 e. The number of carbonyl (C=O) groups is 2. The molecule has 0 fully saturated rings. The third-order valence-corrected chi connectivity index (χ3v) is 4.89. The number of rotatable bonds is 5. The Labute approximate surface area is 170 Å². The third kappa shape index (κ3) is 3.49. The predicted molar refractivity (Wildman–Crippen MR) is 101 cm³/mol. The number of carbonyl (C=O) groups excluding carboxylic acids is 2. The van der Waals surface area contributed by atoms with Gasteiger partial charge in [0.2, 0.25) is 12.7 Å². The molecular weight excluding hydrogens is 397 g/mol. The van der Waals surface area contributed by atoms with Crippen molar-refractivity contribution in [2.75, 3.05) is 13.4 Å². The average Bonchev–Trinajstić information content (AvgIpc) is 3.21. The van der Waals surface area contributed by atoms with Gasteiger partial charge in [-0.3, -0.25) is 4.79 Å². The molecule has 2 aromatic carbocycles. The molecule has 0 aliphatic carbocycles. The Morgan fingerprint density at radius 3 is 2.53 bits per heavy atom. The van der Waals surface area contributed by atoms with Crippen molar-refractivity contribution < 1.29 is 38.0 Å². The smallest absolute Gasteiger partial charge is 0.381 e. The molecule has 1 unspecified atom stereocenters. The van der Waals surface area contributed by atoms with Gasteiger partial charge in [-0.1, -0.05) is 12.1 Å². The molecule has 9 heteroatoms. The topological polar surface area (TPSA) is 106 Å². The predicted octanol–water partition coefficient (Wildman–Crippen LogP) is 3.11. The molecular formula is C21H18FNO7. The highest BCUT2D eigenvalue weighted by Gasteiger charge is 2.37. The van der Waals surface area contributed by atoms with Crippen LogP contribution in [0, 0.1) is 0 Å². The minimum absolute atomic E-state index is 0.150. The first-order valence-electron chi connectivity index (χ1n) is 9.21. The summed E-state index contributed by atoms with van der Waals surface area (Å²) in [5, 5.41) is 0. The van der Waals surface area contributed by atoms with Crippen LogP contribution in [0.2, 0.25) is 0 Å². The van der Waals surface area contributed by atoms with E-state index in [2.05, 4.69) is 4.94 Å². The van der Waals surface area contributed by atoms with Crippen LogP contribution in [0.3, 0.4) is 0 Å². The standard InChI is InChI=1S/C21H18FNO7/c1-2-26-18(24)9-14-13-7-11(12-4-6-16-17(8-12)28-10-27-16)3-5-15(13)29-20(23)19(14)21(25)30-22/h3-8,14H,2,9-10,23H2,1H3. The summed E-state index contributed by atoms with van der Waals surface area (Å²) in [6.07, 6.45) is -0.236. The van der Waals surface area contributed by atoms with Crippen LogP contribution in [0.5, 0.6) is 17.2 Å². The van der Waals surface area contributed by atoms with Crippen LogP contribution in [0.4, 0.5) is 4.53 Å². The molecule has 0 amide bonds. The van der Waals surface area contributed by atoms with E-state index in [9.17, 15) is 14.1 Å². The molecule has 2 aliphatic rings. The van der Waals surface area contributed by atoms with Gasteiger partial charge in [0, 0.05) is 16.0 Å². The Morgan fingerprint density at radius 1 is 1.10 bits per heavy atom. The minimum atomic E-state index is -1.32. The van der Waals surface area contributed by atoms with E-state index in [-0.39, 0.29) is 31.3 Å². The highest BCUT2D eigenvalue weighted by Crippen LogP contribution is 2.43. The van der Waals surface area contributed by atoms with Crippen molar-refractivity contribution in [1.29, 1.82) is 0 Å². The number of halogens is 1. The van der Waals surface area contributed by atoms with Crippen LogP contribution < -0.4 is 19.9 Å². The molecule has 30 heavy (non-hydrogen) atoms. The second kappa shape index (κ2) is 7.94. The molecule has 4 rings (SSSR count). The van der Waals surface area contributed by atoms with Crippen LogP contribution in [-0.4, -0.2) is 25.3 Å². The van der Waals surface area contributed by atoms with Crippen molar-refractivity contribution in [3.63, 3.8) is 0 Å². The summed E-state index contributed by atoms with van der Waals surface area (Å²) in [7, 11) is 0. The van der Waals surface area contributed by atoms with Crippen molar-refractivity contribution in [2.24, 2.45) is 5.73 Å². The summed E-state index contributed by atoms with van der Waals surface area (Å²) < 4.78 is 34.0. The van der Waals surface area contributed by atoms with Crippen LogP contribution in [0.15, 0.2) is 47.9 Å². The largest absolute Gasteiger partial charge is 0.466 e. The molecule has 2 heterocycles. The van der Waals surface area contributed by atoms with E-state index in [1.165, 1.54) is 0 Å². The fourth-order valence-corrected chi connectivity index (χ4v) is 3.55. The van der Waals surface area contributed by atoms with Gasteiger partial charge in [-0.15, -0.1) is 0 Å². The Balaban J connectivity index is 1.77. The monoisotopic (exact) mass is 415 g/mol. The summed E-state index contributed by atoms with van der Waals surface area (Å²) in [4.78, 5) is 27.6. The molecule has 0 saturated carbocycles. The van der Waals surface area contributed by atoms with E-state index in [1.54, 1.807) is 31.2 Å². The van der Waals surface area contributed by atoms with Gasteiger partial charge >= 0.3 is 11.9 Å². The number of benzene rings is 2. The molecule has 0 radical (unpaired) electrons. The molecule has 0 saturated heterocycles. The van der Waals surface area contributed by atoms with E-state index in [1.807, 2.05) is 12.1 Å². The molecule has 2 aromatic rings. The lowest BCUT2D eigenvalue weighted by Crippen LogP contribution is -2.27. The normalized spacial score (nSPS) is 16.5. The van der Waals surface area contributed by atoms with E-state index < -0.39 is 17.9 Å². The number of ether oxygens (including phenoxy) is 4. The summed E-state index contributed by atoms with van der Waals surface area (Å²) >= 11 is 0. The molecule has 1 atom stereocenters. The van der Waals surface area contributed by atoms with Crippen molar-refractivity contribution in [2.45, 2.75) is 19.3 Å². The second-order valence-electron chi connectivity index (χ2n) is 6.63. The van der Waals surface area contributed by atoms with Gasteiger partial charge in [-0.05, 0) is 42.3 Å². The first kappa shape index (κ1) is 19.6. The molecule has 0 spiro atoms. The fourth-order valence-electron chi connectivity index (χ4n) is 3.55. The maximum atomic E-state index is 12.7. The van der Waals surface area contributed by atoms with E-state index >= 15 is 0 Å². The maximum absolute atomic E-state index is 12.7. The molecule has 2 N–H and O–H groups in total. The van der Waals surface area contributed by atoms with Gasteiger partial charge < -0.3 is 24.7 Å². The third-order valence-electron chi connectivity index (χ3n) is 4.89. The number of hydrogen-bond acceptors (Lipinski definition) is 8. The minimum Gasteiger partial charge on any atom is -0.466 e. The molecule has 2 aliphatic heterocycles. The quantitative estimate of drug-likeness (QED) is 0.743. The fraction of sp³-hybridized carbons (Fsp3) is 0.238. The molecule has 0 aromatic heterocycles. The Bertz CT molecular complexity index is 1050. The van der Waals surface area contributed by atoms with Gasteiger partial charge in [0.05, 0.1) is 13.0 Å². The van der Waals surface area contributed by atoms with Crippen LogP contribution in [0.25, 0.3) is 11.1 Å². The van der Waals surface area contributed by atoms with Crippen LogP contribution in [-0.2, 0) is 19.3 Å². The van der Waals surface area contributed by atoms with Crippen LogP contribution in [0.1, 0.15) is 24.8 Å². The number of hydrogen-bond donors (Lipinski definition) is 1. The number of fused-ring (bicyclic) bond motifs is 2. The SMILES string of the molecule is CCOC(=O)CC1C(C(=O)OF)=C(N)Oc2ccc(-c3ccc4c(c3)OCO4)cc21. The van der Waals surface area contributed by atoms with Gasteiger partial charge in [0.25, 0.3) is 0 Å². The van der Waals surface area contributed by atoms with E-state index in [4.69, 9.17) is 24.7 Å². The average molecular weight is 415 g/mol. The number of esters is 1. The first-order valence-corrected chi connectivity index (χ1v) is 9.21. The Kier molecular flexibility index (Phi) is 5.18. The van der Waals surface area contributed by atoms with E-state index in [0.717, 1.165) is 11.1 Å². The first-order chi connectivity index (χ1) is 14.5. The lowest BCUT2D eigenvalue weighted by molar-refractivity contribution is -0.179. The van der Waals surface area contributed by atoms with Crippen LogP contribution >= 0.6 is 0 Å². The summed E-state index contributed by atoms with van der Waals surface area (Å²) in [5.41, 5.74) is 7.61. The van der Waals surface area contributed by atoms with Gasteiger partial charge in [-0.2, -0.15) is 0 Å². The van der Waals surface area contributed by atoms with E-state index in [0.29, 0.717) is 22.8 Å². The van der Waals surface area contributed by atoms with Crippen molar-refractivity contribution in [3.8, 4) is 28.4 Å². The zero-order chi connectivity index (χ0) is 21.3. The highest BCUT2D eigenvalue weighted by molar-refractivity contribution is 5.92. The Morgan fingerprint density at radius 2 is 1.80 bits per heavy atom. The Hall–Kier alpha value is -3.75. The molecule has 0 bridgehead atoms. The summed E-state index contributed by atoms with van der Waals surface area (Å²) in [6, 6.07) is 10.7. The zero-order valence-electron chi connectivity index (χ0n) is 16.0. The summed E-state index contributed by atoms with van der Waals surface area (Å²) in [6.45, 7) is 1.97. The molecule has 156 valence electrons. The molecule has 8 nitrogen and oxygen atoms in total. The lowest BCUT2D eigenvalue weighted by atomic mass is 9.84.